The second kappa shape index (κ2) is 8.91. The molecular weight excluding hydrogens is 391 g/mol. The summed E-state index contributed by atoms with van der Waals surface area (Å²) in [6, 6.07) is 6.61. The van der Waals surface area contributed by atoms with E-state index in [-0.39, 0.29) is 17.8 Å². The van der Waals surface area contributed by atoms with Crippen molar-refractivity contribution in [3.05, 3.63) is 35.7 Å². The first-order valence-corrected chi connectivity index (χ1v) is 9.21. The van der Waals surface area contributed by atoms with Gasteiger partial charge in [0.1, 0.15) is 6.10 Å². The molecule has 1 amide bonds. The molecule has 1 aromatic heterocycles. The summed E-state index contributed by atoms with van der Waals surface area (Å²) in [4.78, 5) is 17.7. The second-order valence-electron chi connectivity index (χ2n) is 6.85. The zero-order valence-corrected chi connectivity index (χ0v) is 16.1. The minimum Gasteiger partial charge on any atom is -0.376 e. The summed E-state index contributed by atoms with van der Waals surface area (Å²) in [5.41, 5.74) is 1.19. The number of alkyl halides is 3. The van der Waals surface area contributed by atoms with Gasteiger partial charge in [-0.1, -0.05) is 29.4 Å². The summed E-state index contributed by atoms with van der Waals surface area (Å²) in [5.74, 6) is -1.69. The van der Waals surface area contributed by atoms with Gasteiger partial charge >= 0.3 is 12.1 Å². The predicted molar refractivity (Wildman–Crippen MR) is 95.6 cm³/mol. The van der Waals surface area contributed by atoms with Crippen molar-refractivity contribution in [2.45, 2.75) is 44.7 Å². The Bertz CT molecular complexity index is 817. The fraction of sp³-hybridized carbons (Fsp3) is 0.526. The molecule has 2 aromatic rings. The molecule has 1 fully saturated rings. The number of aromatic nitrogens is 2. The van der Waals surface area contributed by atoms with Gasteiger partial charge in [-0.15, -0.1) is 0 Å². The van der Waals surface area contributed by atoms with E-state index in [1.807, 2.05) is 0 Å². The topological polar surface area (TPSA) is 77.7 Å². The van der Waals surface area contributed by atoms with Gasteiger partial charge in [0.25, 0.3) is 5.91 Å². The van der Waals surface area contributed by atoms with Crippen LogP contribution in [0, 0.1) is 0 Å². The van der Waals surface area contributed by atoms with Crippen molar-refractivity contribution in [3.63, 3.8) is 0 Å². The Labute approximate surface area is 165 Å². The Morgan fingerprint density at radius 1 is 1.34 bits per heavy atom. The SMILES string of the molecule is COC(C)C(=O)N(Cc1ccc(-c2noc(C(F)(F)F)n2)cc1)CC1CCCO1. The molecule has 1 aliphatic heterocycles. The Kier molecular flexibility index (Phi) is 6.53. The number of halogens is 3. The highest BCUT2D eigenvalue weighted by atomic mass is 19.4. The molecule has 1 saturated heterocycles. The normalized spacial score (nSPS) is 18.0. The van der Waals surface area contributed by atoms with Crippen molar-refractivity contribution in [1.82, 2.24) is 15.0 Å². The van der Waals surface area contributed by atoms with Crippen LogP contribution < -0.4 is 0 Å². The first-order chi connectivity index (χ1) is 13.8. The summed E-state index contributed by atoms with van der Waals surface area (Å²) < 4.78 is 52.9. The molecule has 1 aliphatic rings. The van der Waals surface area contributed by atoms with Gasteiger partial charge in [-0.25, -0.2) is 0 Å². The number of rotatable bonds is 7. The van der Waals surface area contributed by atoms with E-state index in [2.05, 4.69) is 14.7 Å². The van der Waals surface area contributed by atoms with Crippen LogP contribution in [0.1, 0.15) is 31.2 Å². The van der Waals surface area contributed by atoms with E-state index in [0.29, 0.717) is 25.3 Å². The van der Waals surface area contributed by atoms with Gasteiger partial charge in [0.15, 0.2) is 0 Å². The van der Waals surface area contributed by atoms with Crippen LogP contribution in [0.15, 0.2) is 28.8 Å². The standard InChI is InChI=1S/C19H22F3N3O4/c1-12(27-2)17(26)25(11-15-4-3-9-28-15)10-13-5-7-14(8-6-13)16-23-18(29-24-16)19(20,21)22/h5-8,12,15H,3-4,9-11H2,1-2H3. The number of carbonyl (C=O) groups excluding carboxylic acids is 1. The van der Waals surface area contributed by atoms with Crippen LogP contribution in [0.25, 0.3) is 11.4 Å². The molecule has 10 heteroatoms. The van der Waals surface area contributed by atoms with E-state index in [1.165, 1.54) is 7.11 Å². The van der Waals surface area contributed by atoms with Gasteiger partial charge < -0.3 is 18.9 Å². The van der Waals surface area contributed by atoms with E-state index in [0.717, 1.165) is 18.4 Å². The van der Waals surface area contributed by atoms with Crippen molar-refractivity contribution in [1.29, 1.82) is 0 Å². The highest BCUT2D eigenvalue weighted by molar-refractivity contribution is 5.80. The zero-order chi connectivity index (χ0) is 21.0. The number of amides is 1. The van der Waals surface area contributed by atoms with Crippen LogP contribution in [-0.4, -0.2) is 53.4 Å². The van der Waals surface area contributed by atoms with E-state index >= 15 is 0 Å². The minimum atomic E-state index is -4.69. The smallest absolute Gasteiger partial charge is 0.376 e. The van der Waals surface area contributed by atoms with Crippen LogP contribution in [0.4, 0.5) is 13.2 Å². The maximum absolute atomic E-state index is 12.7. The van der Waals surface area contributed by atoms with Gasteiger partial charge in [-0.3, -0.25) is 4.79 Å². The summed E-state index contributed by atoms with van der Waals surface area (Å²) in [5, 5.41) is 3.37. The first-order valence-electron chi connectivity index (χ1n) is 9.21. The molecule has 0 saturated carbocycles. The third-order valence-electron chi connectivity index (χ3n) is 4.72. The highest BCUT2D eigenvalue weighted by Crippen LogP contribution is 2.29. The third kappa shape index (κ3) is 5.33. The average Bonchev–Trinajstić information content (AvgIpc) is 3.38. The molecular formula is C19H22F3N3O4. The average molecular weight is 413 g/mol. The maximum atomic E-state index is 12.7. The molecule has 2 atom stereocenters. The summed E-state index contributed by atoms with van der Waals surface area (Å²) in [7, 11) is 1.47. The molecule has 158 valence electrons. The van der Waals surface area contributed by atoms with E-state index in [4.69, 9.17) is 9.47 Å². The van der Waals surface area contributed by atoms with Gasteiger partial charge in [0.05, 0.1) is 6.10 Å². The van der Waals surface area contributed by atoms with Crippen LogP contribution in [0.3, 0.4) is 0 Å². The minimum absolute atomic E-state index is 0.0117. The fourth-order valence-electron chi connectivity index (χ4n) is 3.06. The molecule has 7 nitrogen and oxygen atoms in total. The van der Waals surface area contributed by atoms with Crippen LogP contribution in [0.5, 0.6) is 0 Å². The number of carbonyl (C=O) groups is 1. The van der Waals surface area contributed by atoms with Crippen LogP contribution in [0.2, 0.25) is 0 Å². The van der Waals surface area contributed by atoms with Crippen molar-refractivity contribution >= 4 is 5.91 Å². The van der Waals surface area contributed by atoms with Gasteiger partial charge in [-0.05, 0) is 25.3 Å². The Hall–Kier alpha value is -2.46. The number of hydrogen-bond donors (Lipinski definition) is 0. The zero-order valence-electron chi connectivity index (χ0n) is 16.1. The quantitative estimate of drug-likeness (QED) is 0.693. The molecule has 0 spiro atoms. The molecule has 1 aromatic carbocycles. The lowest BCUT2D eigenvalue weighted by atomic mass is 10.1. The second-order valence-corrected chi connectivity index (χ2v) is 6.85. The molecule has 0 aliphatic carbocycles. The Balaban J connectivity index is 1.72. The van der Waals surface area contributed by atoms with Gasteiger partial charge in [0.2, 0.25) is 5.82 Å². The largest absolute Gasteiger partial charge is 0.471 e. The molecule has 3 rings (SSSR count). The van der Waals surface area contributed by atoms with Gasteiger partial charge in [-0.2, -0.15) is 18.2 Å². The first kappa shape index (κ1) is 21.3. The van der Waals surface area contributed by atoms with Crippen molar-refractivity contribution in [2.75, 3.05) is 20.3 Å². The van der Waals surface area contributed by atoms with Crippen molar-refractivity contribution in [2.24, 2.45) is 0 Å². The van der Waals surface area contributed by atoms with E-state index < -0.39 is 18.2 Å². The van der Waals surface area contributed by atoms with E-state index in [9.17, 15) is 18.0 Å². The molecule has 0 bridgehead atoms. The van der Waals surface area contributed by atoms with Crippen molar-refractivity contribution < 1.29 is 32.0 Å². The summed E-state index contributed by atoms with van der Waals surface area (Å²) >= 11 is 0. The summed E-state index contributed by atoms with van der Waals surface area (Å²) in [6.07, 6.45) is -3.43. The van der Waals surface area contributed by atoms with Gasteiger partial charge in [0, 0.05) is 32.4 Å². The van der Waals surface area contributed by atoms with E-state index in [1.54, 1.807) is 36.1 Å². The lowest BCUT2D eigenvalue weighted by Gasteiger charge is -2.27. The highest BCUT2D eigenvalue weighted by Gasteiger charge is 2.38. The molecule has 2 heterocycles. The van der Waals surface area contributed by atoms with Crippen LogP contribution >= 0.6 is 0 Å². The Morgan fingerprint density at radius 2 is 2.07 bits per heavy atom. The molecule has 2 unspecified atom stereocenters. The number of nitrogens with zero attached hydrogens (tertiary/aromatic N) is 3. The third-order valence-corrected chi connectivity index (χ3v) is 4.72. The predicted octanol–water partition coefficient (Wildman–Crippen LogP) is 3.30. The monoisotopic (exact) mass is 413 g/mol. The number of benzene rings is 1. The molecule has 0 radical (unpaired) electrons. The lowest BCUT2D eigenvalue weighted by Crippen LogP contribution is -2.42. The summed E-state index contributed by atoms with van der Waals surface area (Å²) in [6.45, 7) is 3.15. The number of hydrogen-bond acceptors (Lipinski definition) is 6. The Morgan fingerprint density at radius 3 is 2.62 bits per heavy atom. The van der Waals surface area contributed by atoms with Crippen LogP contribution in [-0.2, 0) is 27.0 Å². The number of ether oxygens (including phenoxy) is 2. The fourth-order valence-corrected chi connectivity index (χ4v) is 3.06. The maximum Gasteiger partial charge on any atom is 0.471 e. The molecule has 29 heavy (non-hydrogen) atoms. The molecule has 0 N–H and O–H groups in total. The lowest BCUT2D eigenvalue weighted by molar-refractivity contribution is -0.159. The number of methoxy groups -OCH3 is 1. The van der Waals surface area contributed by atoms with Crippen molar-refractivity contribution in [3.8, 4) is 11.4 Å².